The van der Waals surface area contributed by atoms with Crippen molar-refractivity contribution < 1.29 is 57.5 Å². The first-order valence-corrected chi connectivity index (χ1v) is 0.565. The summed E-state index contributed by atoms with van der Waals surface area (Å²) in [4.78, 5) is 8.36. The van der Waals surface area contributed by atoms with Crippen molar-refractivity contribution in [3.05, 3.63) is 10.1 Å². The van der Waals surface area contributed by atoms with Crippen LogP contribution in [0, 0.1) is 51.9 Å². The average molecular weight is 238 g/mol. The Morgan fingerprint density at radius 2 is 1.57 bits per heavy atom. The molecule has 0 aromatic carbocycles. The van der Waals surface area contributed by atoms with Crippen LogP contribution in [0.4, 0.5) is 0 Å². The summed E-state index contributed by atoms with van der Waals surface area (Å²) in [6.45, 7) is 0. The van der Waals surface area contributed by atoms with Gasteiger partial charge in [0.15, 0.2) is 0 Å². The molecule has 0 amide bonds. The molecular formula is H6CeN2O4. The zero-order valence-electron chi connectivity index (χ0n) is 3.42. The molecular weight excluding hydrogens is 232 g/mol. The first kappa shape index (κ1) is 25.9. The largest absolute Gasteiger partial charge is 0.412 e. The van der Waals surface area contributed by atoms with Crippen LogP contribution in [-0.2, 0) is 0 Å². The number of nitrogens with zero attached hydrogens (tertiary/aromatic N) is 1. The van der Waals surface area contributed by atoms with Crippen molar-refractivity contribution in [1.82, 2.24) is 6.15 Å². The molecule has 0 aromatic rings. The predicted molar refractivity (Wildman–Crippen MR) is 17.4 cm³/mol. The Morgan fingerprint density at radius 3 is 1.57 bits per heavy atom. The fraction of sp³-hybridized carbons (Fsp3) is 0. The van der Waals surface area contributed by atoms with Crippen LogP contribution in [0.1, 0.15) is 0 Å². The zero-order valence-corrected chi connectivity index (χ0v) is 6.56. The molecule has 0 saturated carbocycles. The smallest absolute Gasteiger partial charge is 0.291 e. The number of hydrogen-bond donors (Lipinski definition) is 2. The van der Waals surface area contributed by atoms with E-state index in [1.807, 2.05) is 0 Å². The Hall–Kier alpha value is 0.497. The van der Waals surface area contributed by atoms with Crippen molar-refractivity contribution in [3.63, 3.8) is 0 Å². The molecule has 0 fully saturated rings. The van der Waals surface area contributed by atoms with Crippen molar-refractivity contribution in [2.75, 3.05) is 0 Å². The Bertz CT molecular complexity index is 32.7. The second-order valence-electron chi connectivity index (χ2n) is 0.238. The molecule has 0 heterocycles. The molecule has 0 aliphatic rings. The van der Waals surface area contributed by atoms with Crippen molar-refractivity contribution in [3.8, 4) is 0 Å². The summed E-state index contributed by atoms with van der Waals surface area (Å²) in [5, 5.41) is 13.6. The second kappa shape index (κ2) is 16.1. The van der Waals surface area contributed by atoms with E-state index in [0.717, 1.165) is 0 Å². The van der Waals surface area contributed by atoms with E-state index >= 15 is 0 Å². The summed E-state index contributed by atoms with van der Waals surface area (Å²) in [5.41, 5.74) is 0. The monoisotopic (exact) mass is 238 g/mol. The minimum Gasteiger partial charge on any atom is -0.412 e. The summed E-state index contributed by atoms with van der Waals surface area (Å²) >= 11 is 0. The number of rotatable bonds is 0. The summed E-state index contributed by atoms with van der Waals surface area (Å²) in [6.07, 6.45) is 0. The molecule has 7 heavy (non-hydrogen) atoms. The first-order chi connectivity index (χ1) is 1.73. The molecule has 6 nitrogen and oxygen atoms in total. The van der Waals surface area contributed by atoms with Gasteiger partial charge in [0.1, 0.15) is 0 Å². The summed E-state index contributed by atoms with van der Waals surface area (Å²) in [6, 6.07) is 0. The van der Waals surface area contributed by atoms with Gasteiger partial charge in [0.05, 0.1) is 0 Å². The minimum atomic E-state index is -1.50. The van der Waals surface area contributed by atoms with Gasteiger partial charge in [-0.2, -0.15) is 0 Å². The maximum atomic E-state index is 8.36. The van der Waals surface area contributed by atoms with Crippen molar-refractivity contribution in [1.29, 1.82) is 0 Å². The molecule has 0 atom stereocenters. The summed E-state index contributed by atoms with van der Waals surface area (Å²) in [7, 11) is 0. The Kier molecular flexibility index (Phi) is 59.4. The third-order valence-corrected chi connectivity index (χ3v) is 0. The molecule has 0 rings (SSSR count). The van der Waals surface area contributed by atoms with Gasteiger partial charge in [-0.15, -0.1) is 10.1 Å². The standard InChI is InChI=1S/Ce.HNO3.H3N.H2O/c;2-1(3)4;;/h;(H,2,3,4);1H3;1H2. The molecule has 0 aliphatic heterocycles. The molecule has 44 valence electrons. The van der Waals surface area contributed by atoms with Gasteiger partial charge in [0.2, 0.25) is 0 Å². The van der Waals surface area contributed by atoms with E-state index in [1.54, 1.807) is 0 Å². The maximum absolute atomic E-state index is 8.36. The van der Waals surface area contributed by atoms with Crippen molar-refractivity contribution in [2.45, 2.75) is 0 Å². The average Bonchev–Trinajstić information content (AvgIpc) is 0.811. The van der Waals surface area contributed by atoms with Gasteiger partial charge in [0, 0.05) is 41.7 Å². The van der Waals surface area contributed by atoms with Crippen LogP contribution in [0.2, 0.25) is 0 Å². The maximum Gasteiger partial charge on any atom is 0.291 e. The summed E-state index contributed by atoms with van der Waals surface area (Å²) < 4.78 is 0. The van der Waals surface area contributed by atoms with Gasteiger partial charge >= 0.3 is 0 Å². The number of hydrogen-bond acceptors (Lipinski definition) is 3. The first-order valence-electron chi connectivity index (χ1n) is 0.565. The van der Waals surface area contributed by atoms with E-state index in [-0.39, 0.29) is 53.4 Å². The minimum absolute atomic E-state index is 0. The molecule has 7 heteroatoms. The molecule has 0 aromatic heterocycles. The van der Waals surface area contributed by atoms with E-state index in [4.69, 9.17) is 15.3 Å². The van der Waals surface area contributed by atoms with Crippen molar-refractivity contribution >= 4 is 0 Å². The van der Waals surface area contributed by atoms with Crippen LogP contribution in [-0.4, -0.2) is 15.8 Å². The SMILES string of the molecule is N.O.O=[N+]([O-])O.[Ce]. The van der Waals surface area contributed by atoms with E-state index in [9.17, 15) is 0 Å². The molecule has 0 aliphatic carbocycles. The molecule has 0 unspecified atom stereocenters. The Labute approximate surface area is 73.3 Å². The molecule has 0 bridgehead atoms. The molecule has 0 spiro atoms. The molecule has 6 N–H and O–H groups in total. The van der Waals surface area contributed by atoms with Gasteiger partial charge in [-0.25, -0.2) is 0 Å². The predicted octanol–water partition coefficient (Wildman–Crippen LogP) is -1.01. The molecule has 0 saturated heterocycles. The Balaban J connectivity index is -0.0000000150. The third kappa shape index (κ3) is 533. The van der Waals surface area contributed by atoms with E-state index in [2.05, 4.69) is 0 Å². The van der Waals surface area contributed by atoms with Gasteiger partial charge in [-0.3, -0.25) is 0 Å². The third-order valence-electron chi connectivity index (χ3n) is 0. The van der Waals surface area contributed by atoms with Crippen LogP contribution in [0.5, 0.6) is 0 Å². The normalized spacial score (nSPS) is 3.43. The van der Waals surface area contributed by atoms with E-state index in [0.29, 0.717) is 0 Å². The Morgan fingerprint density at radius 1 is 1.57 bits per heavy atom. The summed E-state index contributed by atoms with van der Waals surface area (Å²) in [5.74, 6) is 0. The topological polar surface area (TPSA) is 130 Å². The van der Waals surface area contributed by atoms with E-state index < -0.39 is 5.09 Å². The van der Waals surface area contributed by atoms with E-state index in [1.165, 1.54) is 0 Å². The zero-order chi connectivity index (χ0) is 3.58. The van der Waals surface area contributed by atoms with Gasteiger partial charge in [0.25, 0.3) is 5.09 Å². The second-order valence-corrected chi connectivity index (χ2v) is 0.238. The van der Waals surface area contributed by atoms with Crippen LogP contribution >= 0.6 is 0 Å². The van der Waals surface area contributed by atoms with Gasteiger partial charge in [-0.05, 0) is 0 Å². The molecule has 0 radical (unpaired) electrons. The van der Waals surface area contributed by atoms with Crippen LogP contribution in [0.25, 0.3) is 0 Å². The fourth-order valence-electron chi connectivity index (χ4n) is 0. The van der Waals surface area contributed by atoms with Crippen molar-refractivity contribution in [2.24, 2.45) is 0 Å². The van der Waals surface area contributed by atoms with Crippen LogP contribution in [0.15, 0.2) is 0 Å². The fourth-order valence-corrected chi connectivity index (χ4v) is 0. The quantitative estimate of drug-likeness (QED) is 0.413. The van der Waals surface area contributed by atoms with Crippen LogP contribution < -0.4 is 6.15 Å². The van der Waals surface area contributed by atoms with Crippen LogP contribution in [0.3, 0.4) is 0 Å². The van der Waals surface area contributed by atoms with Gasteiger partial charge in [-0.1, -0.05) is 0 Å². The van der Waals surface area contributed by atoms with Gasteiger partial charge < -0.3 is 16.8 Å².